The van der Waals surface area contributed by atoms with Crippen LogP contribution in [-0.2, 0) is 4.79 Å². The Morgan fingerprint density at radius 3 is 1.54 bits per heavy atom. The van der Waals surface area contributed by atoms with E-state index in [0.29, 0.717) is 18.0 Å². The van der Waals surface area contributed by atoms with Crippen LogP contribution in [0.4, 0.5) is 0 Å². The van der Waals surface area contributed by atoms with Crippen LogP contribution in [0.2, 0.25) is 0 Å². The Hall–Kier alpha value is -0.570. The molecule has 0 rings (SSSR count). The van der Waals surface area contributed by atoms with E-state index in [2.05, 4.69) is 93.7 Å². The molecule has 26 heavy (non-hydrogen) atoms. The quantitative estimate of drug-likeness (QED) is 0.437. The molecule has 3 heteroatoms. The molecule has 0 aromatic carbocycles. The Morgan fingerprint density at radius 2 is 1.19 bits per heavy atom. The molecular formula is C23H48N2O. The molecule has 1 amide bonds. The fourth-order valence-corrected chi connectivity index (χ4v) is 3.35. The van der Waals surface area contributed by atoms with Crippen LogP contribution >= 0.6 is 0 Å². The zero-order chi connectivity index (χ0) is 21.0. The largest absolute Gasteiger partial charge is 0.343 e. The smallest absolute Gasteiger partial charge is 0.224 e. The van der Waals surface area contributed by atoms with Crippen molar-refractivity contribution in [2.45, 2.75) is 95.9 Å². The number of carbonyl (C=O) groups excluding carboxylic acids is 1. The molecule has 0 aliphatic rings. The Bertz CT molecular complexity index is 427. The van der Waals surface area contributed by atoms with Gasteiger partial charge in [-0.15, -0.1) is 0 Å². The van der Waals surface area contributed by atoms with Crippen LogP contribution in [0.1, 0.15) is 95.9 Å². The molecular weight excluding hydrogens is 320 g/mol. The van der Waals surface area contributed by atoms with E-state index in [0.717, 1.165) is 13.0 Å². The molecule has 0 fully saturated rings. The van der Waals surface area contributed by atoms with Gasteiger partial charge in [-0.05, 0) is 40.4 Å². The van der Waals surface area contributed by atoms with E-state index in [1.54, 1.807) is 0 Å². The monoisotopic (exact) mass is 368 g/mol. The summed E-state index contributed by atoms with van der Waals surface area (Å²) in [5.74, 6) is 0.771. The second-order valence-electron chi connectivity index (χ2n) is 12.7. The predicted octanol–water partition coefficient (Wildman–Crippen LogP) is 5.85. The number of hydrogen-bond acceptors (Lipinski definition) is 2. The third-order valence-corrected chi connectivity index (χ3v) is 5.04. The van der Waals surface area contributed by atoms with E-state index in [-0.39, 0.29) is 28.1 Å². The summed E-state index contributed by atoms with van der Waals surface area (Å²) in [7, 11) is 0. The highest BCUT2D eigenvalue weighted by molar-refractivity contribution is 5.79. The van der Waals surface area contributed by atoms with Crippen molar-refractivity contribution in [2.75, 3.05) is 13.2 Å². The zero-order valence-electron chi connectivity index (χ0n) is 19.9. The Balaban J connectivity index is 4.70. The molecule has 0 aliphatic carbocycles. The van der Waals surface area contributed by atoms with Crippen LogP contribution in [0.3, 0.4) is 0 Å². The first-order valence-electron chi connectivity index (χ1n) is 10.3. The molecule has 0 saturated carbocycles. The van der Waals surface area contributed by atoms with Gasteiger partial charge in [-0.2, -0.15) is 0 Å². The average Bonchev–Trinajstić information content (AvgIpc) is 2.34. The number of amides is 1. The molecule has 0 saturated heterocycles. The summed E-state index contributed by atoms with van der Waals surface area (Å²) in [6.45, 7) is 28.4. The van der Waals surface area contributed by atoms with E-state index >= 15 is 0 Å². The van der Waals surface area contributed by atoms with E-state index in [1.807, 2.05) is 0 Å². The lowest BCUT2D eigenvalue weighted by atomic mass is 9.71. The highest BCUT2D eigenvalue weighted by Gasteiger charge is 2.34. The molecule has 2 N–H and O–H groups in total. The summed E-state index contributed by atoms with van der Waals surface area (Å²) in [5.41, 5.74) is 0.682. The van der Waals surface area contributed by atoms with Gasteiger partial charge in [-0.1, -0.05) is 83.1 Å². The minimum Gasteiger partial charge on any atom is -0.343 e. The Kier molecular flexibility index (Phi) is 8.88. The lowest BCUT2D eigenvalue weighted by molar-refractivity contribution is -0.129. The van der Waals surface area contributed by atoms with Gasteiger partial charge >= 0.3 is 0 Å². The van der Waals surface area contributed by atoms with E-state index in [4.69, 9.17) is 0 Å². The van der Waals surface area contributed by atoms with Crippen LogP contribution in [0, 0.1) is 33.5 Å². The van der Waals surface area contributed by atoms with Crippen LogP contribution in [0.25, 0.3) is 0 Å². The van der Waals surface area contributed by atoms with Gasteiger partial charge < -0.3 is 5.32 Å². The lowest BCUT2D eigenvalue weighted by Crippen LogP contribution is -2.45. The first-order valence-corrected chi connectivity index (χ1v) is 10.3. The first-order chi connectivity index (χ1) is 11.3. The third-order valence-electron chi connectivity index (χ3n) is 5.04. The van der Waals surface area contributed by atoms with E-state index in [9.17, 15) is 4.79 Å². The standard InChI is InChI=1S/C23H48N2O/c1-20(2,3)13-17(22(7,8)9)15-24-16-25-19(26)18(23(10,11)12)14-21(4,5)6/h17-18,24H,13-16H2,1-12H3,(H,25,26). The van der Waals surface area contributed by atoms with Crippen molar-refractivity contribution >= 4 is 5.91 Å². The molecule has 156 valence electrons. The maximum absolute atomic E-state index is 12.8. The van der Waals surface area contributed by atoms with E-state index in [1.165, 1.54) is 6.42 Å². The van der Waals surface area contributed by atoms with Crippen LogP contribution in [-0.4, -0.2) is 19.1 Å². The van der Waals surface area contributed by atoms with Crippen molar-refractivity contribution < 1.29 is 4.79 Å². The first kappa shape index (κ1) is 25.4. The average molecular weight is 369 g/mol. The van der Waals surface area contributed by atoms with E-state index < -0.39 is 0 Å². The van der Waals surface area contributed by atoms with Crippen molar-refractivity contribution in [2.24, 2.45) is 33.5 Å². The molecule has 0 aromatic heterocycles. The summed E-state index contributed by atoms with van der Waals surface area (Å²) in [5, 5.41) is 6.61. The topological polar surface area (TPSA) is 41.1 Å². The summed E-state index contributed by atoms with van der Waals surface area (Å²) in [6, 6.07) is 0. The van der Waals surface area contributed by atoms with Crippen molar-refractivity contribution in [3.63, 3.8) is 0 Å². The normalized spacial score (nSPS) is 16.3. The van der Waals surface area contributed by atoms with Crippen molar-refractivity contribution in [3.05, 3.63) is 0 Å². The number of carbonyl (C=O) groups is 1. The van der Waals surface area contributed by atoms with Gasteiger partial charge in [0, 0.05) is 12.5 Å². The Morgan fingerprint density at radius 1 is 0.731 bits per heavy atom. The van der Waals surface area contributed by atoms with Gasteiger partial charge in [0.15, 0.2) is 0 Å². The summed E-state index contributed by atoms with van der Waals surface area (Å²) in [6.07, 6.45) is 2.07. The predicted molar refractivity (Wildman–Crippen MR) is 115 cm³/mol. The molecule has 0 radical (unpaired) electrons. The lowest BCUT2D eigenvalue weighted by Gasteiger charge is -2.36. The fraction of sp³-hybridized carbons (Fsp3) is 0.957. The maximum atomic E-state index is 12.8. The third kappa shape index (κ3) is 11.2. The van der Waals surface area contributed by atoms with Gasteiger partial charge in [-0.25, -0.2) is 0 Å². The summed E-state index contributed by atoms with van der Waals surface area (Å²) < 4.78 is 0. The second kappa shape index (κ2) is 9.08. The van der Waals surface area contributed by atoms with Gasteiger partial charge in [0.25, 0.3) is 0 Å². The number of nitrogens with one attached hydrogen (secondary N) is 2. The van der Waals surface area contributed by atoms with Gasteiger partial charge in [0.05, 0.1) is 6.67 Å². The molecule has 2 unspecified atom stereocenters. The highest BCUT2D eigenvalue weighted by Crippen LogP contribution is 2.36. The maximum Gasteiger partial charge on any atom is 0.224 e. The van der Waals surface area contributed by atoms with Crippen molar-refractivity contribution in [1.82, 2.24) is 10.6 Å². The molecule has 0 aliphatic heterocycles. The number of hydrogen-bond donors (Lipinski definition) is 2. The zero-order valence-corrected chi connectivity index (χ0v) is 19.9. The molecule has 3 nitrogen and oxygen atoms in total. The Labute approximate surface area is 164 Å². The van der Waals surface area contributed by atoms with Crippen LogP contribution in [0.5, 0.6) is 0 Å². The SMILES string of the molecule is CC(C)(C)CC(CNCNC(=O)C(CC(C)(C)C)C(C)(C)C)C(C)(C)C. The highest BCUT2D eigenvalue weighted by atomic mass is 16.2. The van der Waals surface area contributed by atoms with Crippen LogP contribution < -0.4 is 10.6 Å². The molecule has 0 bridgehead atoms. The molecule has 0 spiro atoms. The minimum absolute atomic E-state index is 0.0253. The van der Waals surface area contributed by atoms with Gasteiger partial charge in [-0.3, -0.25) is 10.1 Å². The number of rotatable bonds is 7. The molecule has 0 aromatic rings. The van der Waals surface area contributed by atoms with Crippen LogP contribution in [0.15, 0.2) is 0 Å². The minimum atomic E-state index is -0.0302. The summed E-state index contributed by atoms with van der Waals surface area (Å²) >= 11 is 0. The second-order valence-corrected chi connectivity index (χ2v) is 12.7. The summed E-state index contributed by atoms with van der Waals surface area (Å²) in [4.78, 5) is 12.8. The van der Waals surface area contributed by atoms with Crippen molar-refractivity contribution in [1.29, 1.82) is 0 Å². The molecule has 2 atom stereocenters. The van der Waals surface area contributed by atoms with Gasteiger partial charge in [0.1, 0.15) is 0 Å². The molecule has 0 heterocycles. The van der Waals surface area contributed by atoms with Crippen molar-refractivity contribution in [3.8, 4) is 0 Å². The van der Waals surface area contributed by atoms with Gasteiger partial charge in [0.2, 0.25) is 5.91 Å². The fourth-order valence-electron chi connectivity index (χ4n) is 3.35.